The van der Waals surface area contributed by atoms with Crippen molar-refractivity contribution < 1.29 is 33.8 Å². The molecular weight excluding hydrogens is 799 g/mol. The van der Waals surface area contributed by atoms with Crippen LogP contribution >= 0.6 is 0 Å². The molecule has 62 heavy (non-hydrogen) atoms. The summed E-state index contributed by atoms with van der Waals surface area (Å²) in [6.07, 6.45) is 2.05. The second-order valence-corrected chi connectivity index (χ2v) is 13.6. The molecule has 20 heteroatoms. The standard InChI is InChI=1S/C42H43N13O7/c43-22-28-7-13-34-29(19-28)20-30-21-33(12-14-35(30)34)52-42(61)62-18-2-16-45-39(58)47-24-27-5-10-32(11-6-27)51-41(60)55-37-49-25-48-36(53-37)54-40(59)50-31-8-3-26(4-9-31)23-46-38(57)44-15-1-17-56/h3-14,19,21,25,56H,1-2,15-18,20,23-24H2,(H,52,61)(H2,44,46,57)(H2,45,47,58)(H4,48,49,50,51,53,54,55,59,60). The summed E-state index contributed by atoms with van der Waals surface area (Å²) in [5.74, 6) is -0.235. The fraction of sp³-hybridized carbons (Fsp3) is 0.214. The maximum Gasteiger partial charge on any atom is 0.411 e. The molecule has 1 aromatic heterocycles. The van der Waals surface area contributed by atoms with Crippen LogP contribution in [0.25, 0.3) is 11.1 Å². The van der Waals surface area contributed by atoms with E-state index in [0.29, 0.717) is 48.4 Å². The van der Waals surface area contributed by atoms with E-state index in [4.69, 9.17) is 9.84 Å². The molecule has 0 fully saturated rings. The largest absolute Gasteiger partial charge is 0.449 e. The lowest BCUT2D eigenvalue weighted by atomic mass is 10.0. The molecule has 0 bridgehead atoms. The first-order valence-corrected chi connectivity index (χ1v) is 19.4. The van der Waals surface area contributed by atoms with Crippen LogP contribution in [-0.2, 0) is 24.2 Å². The Kier molecular flexibility index (Phi) is 15.1. The van der Waals surface area contributed by atoms with Crippen molar-refractivity contribution in [2.75, 3.05) is 52.9 Å². The number of aromatic nitrogens is 3. The van der Waals surface area contributed by atoms with Crippen LogP contribution < -0.4 is 47.9 Å². The Labute approximate surface area is 355 Å². The lowest BCUT2D eigenvalue weighted by Gasteiger charge is -2.11. The third-order valence-corrected chi connectivity index (χ3v) is 9.07. The van der Waals surface area contributed by atoms with Crippen LogP contribution in [0.5, 0.6) is 0 Å². The first kappa shape index (κ1) is 43.3. The van der Waals surface area contributed by atoms with E-state index in [1.807, 2.05) is 24.3 Å². The summed E-state index contributed by atoms with van der Waals surface area (Å²) >= 11 is 0. The van der Waals surface area contributed by atoms with Crippen LogP contribution in [0.3, 0.4) is 0 Å². The molecule has 0 unspecified atom stereocenters. The van der Waals surface area contributed by atoms with Crippen LogP contribution in [0.2, 0.25) is 0 Å². The number of aliphatic hydroxyl groups is 1. The molecule has 0 saturated heterocycles. The maximum atomic E-state index is 12.6. The molecule has 20 nitrogen and oxygen atoms in total. The van der Waals surface area contributed by atoms with E-state index in [-0.39, 0.29) is 50.8 Å². The van der Waals surface area contributed by atoms with Gasteiger partial charge in [-0.1, -0.05) is 36.4 Å². The molecule has 0 saturated carbocycles. The van der Waals surface area contributed by atoms with Gasteiger partial charge in [-0.05, 0) is 101 Å². The summed E-state index contributed by atoms with van der Waals surface area (Å²) in [7, 11) is 0. The zero-order valence-corrected chi connectivity index (χ0v) is 33.2. The molecule has 0 spiro atoms. The fourth-order valence-corrected chi connectivity index (χ4v) is 6.08. The van der Waals surface area contributed by atoms with Gasteiger partial charge in [-0.3, -0.25) is 16.0 Å². The number of rotatable bonds is 16. The van der Waals surface area contributed by atoms with Gasteiger partial charge in [-0.25, -0.2) is 33.9 Å². The molecule has 0 atom stereocenters. The fourth-order valence-electron chi connectivity index (χ4n) is 6.08. The summed E-state index contributed by atoms with van der Waals surface area (Å²) < 4.78 is 5.27. The topological polar surface area (TPSA) is 286 Å². The van der Waals surface area contributed by atoms with E-state index >= 15 is 0 Å². The molecule has 0 radical (unpaired) electrons. The number of nitriles is 1. The van der Waals surface area contributed by atoms with Crippen LogP contribution in [-0.4, -0.2) is 76.6 Å². The molecule has 1 aliphatic carbocycles. The Bertz CT molecular complexity index is 2440. The maximum absolute atomic E-state index is 12.6. The number of aliphatic hydroxyl groups excluding tert-OH is 1. The monoisotopic (exact) mass is 841 g/mol. The second-order valence-electron chi connectivity index (χ2n) is 13.6. The van der Waals surface area contributed by atoms with E-state index in [1.165, 1.54) is 0 Å². The number of hydrogen-bond acceptors (Lipinski definition) is 11. The van der Waals surface area contributed by atoms with Gasteiger partial charge in [0.2, 0.25) is 11.9 Å². The number of nitrogens with one attached hydrogen (secondary N) is 9. The smallest absolute Gasteiger partial charge is 0.411 e. The van der Waals surface area contributed by atoms with Crippen molar-refractivity contribution in [3.63, 3.8) is 0 Å². The molecule has 5 aromatic rings. The highest BCUT2D eigenvalue weighted by atomic mass is 16.5. The molecule has 1 heterocycles. The van der Waals surface area contributed by atoms with Crippen molar-refractivity contribution in [2.45, 2.75) is 32.4 Å². The van der Waals surface area contributed by atoms with Gasteiger partial charge in [0.1, 0.15) is 6.33 Å². The Balaban J connectivity index is 0.829. The Morgan fingerprint density at radius 3 is 1.71 bits per heavy atom. The van der Waals surface area contributed by atoms with Crippen LogP contribution in [0.15, 0.2) is 91.3 Å². The number of carbonyl (C=O) groups excluding carboxylic acids is 5. The van der Waals surface area contributed by atoms with E-state index in [0.717, 1.165) is 39.7 Å². The van der Waals surface area contributed by atoms with Gasteiger partial charge in [0.25, 0.3) is 0 Å². The zero-order valence-electron chi connectivity index (χ0n) is 33.2. The van der Waals surface area contributed by atoms with Crippen molar-refractivity contribution in [1.29, 1.82) is 5.26 Å². The van der Waals surface area contributed by atoms with Gasteiger partial charge in [0.05, 0.1) is 18.2 Å². The van der Waals surface area contributed by atoms with Gasteiger partial charge in [0, 0.05) is 49.8 Å². The summed E-state index contributed by atoms with van der Waals surface area (Å²) in [4.78, 5) is 73.4. The van der Waals surface area contributed by atoms with Crippen LogP contribution in [0, 0.1) is 11.3 Å². The van der Waals surface area contributed by atoms with Gasteiger partial charge >= 0.3 is 30.2 Å². The van der Waals surface area contributed by atoms with Crippen molar-refractivity contribution >= 4 is 59.2 Å². The Morgan fingerprint density at radius 2 is 1.15 bits per heavy atom. The second kappa shape index (κ2) is 21.6. The number of carbonyl (C=O) groups is 5. The lowest BCUT2D eigenvalue weighted by Crippen LogP contribution is -2.36. The first-order valence-electron chi connectivity index (χ1n) is 19.4. The van der Waals surface area contributed by atoms with E-state index in [2.05, 4.69) is 68.9 Å². The Hall–Kier alpha value is -8.31. The summed E-state index contributed by atoms with van der Waals surface area (Å²) in [5.41, 5.74) is 7.98. The number of hydrogen-bond donors (Lipinski definition) is 10. The summed E-state index contributed by atoms with van der Waals surface area (Å²) in [6, 6.07) is 24.9. The minimum absolute atomic E-state index is 0.00944. The molecule has 9 amide bonds. The summed E-state index contributed by atoms with van der Waals surface area (Å²) in [5, 5.41) is 41.7. The highest BCUT2D eigenvalue weighted by molar-refractivity contribution is 6.00. The third-order valence-electron chi connectivity index (χ3n) is 9.07. The number of ether oxygens (including phenoxy) is 1. The van der Waals surface area contributed by atoms with Gasteiger partial charge in [-0.15, -0.1) is 0 Å². The number of nitrogens with zero attached hydrogens (tertiary/aromatic N) is 4. The average molecular weight is 842 g/mol. The van der Waals surface area contributed by atoms with Crippen molar-refractivity contribution in [2.24, 2.45) is 0 Å². The number of fused-ring (bicyclic) bond motifs is 3. The molecule has 4 aromatic carbocycles. The predicted octanol–water partition coefficient (Wildman–Crippen LogP) is 5.22. The SMILES string of the molecule is N#Cc1ccc2c(c1)Cc1cc(NC(=O)OCCCNC(=O)NCc3ccc(NC(=O)Nc4ncnc(NC(=O)Nc5ccc(CNC(=O)NCCCO)cc5)n4)cc3)ccc1-2. The number of benzene rings is 4. The summed E-state index contributed by atoms with van der Waals surface area (Å²) in [6.45, 7) is 1.21. The lowest BCUT2D eigenvalue weighted by molar-refractivity contribution is 0.160. The van der Waals surface area contributed by atoms with E-state index in [9.17, 15) is 29.2 Å². The molecule has 10 N–H and O–H groups in total. The number of urea groups is 4. The minimum atomic E-state index is -0.651. The highest BCUT2D eigenvalue weighted by Crippen LogP contribution is 2.38. The van der Waals surface area contributed by atoms with E-state index < -0.39 is 24.2 Å². The van der Waals surface area contributed by atoms with Crippen molar-refractivity contribution in [3.8, 4) is 17.2 Å². The average Bonchev–Trinajstić information content (AvgIpc) is 3.63. The molecule has 0 aliphatic heterocycles. The van der Waals surface area contributed by atoms with Gasteiger partial charge in [-0.2, -0.15) is 10.2 Å². The third kappa shape index (κ3) is 13.1. The van der Waals surface area contributed by atoms with Crippen molar-refractivity contribution in [1.82, 2.24) is 36.2 Å². The zero-order chi connectivity index (χ0) is 43.7. The number of anilines is 5. The molecule has 318 valence electrons. The van der Waals surface area contributed by atoms with Crippen LogP contribution in [0.4, 0.5) is 52.9 Å². The molecule has 6 rings (SSSR count). The number of amides is 9. The molecule has 1 aliphatic rings. The quantitative estimate of drug-likeness (QED) is 0.0564. The van der Waals surface area contributed by atoms with E-state index in [1.54, 1.807) is 60.7 Å². The minimum Gasteiger partial charge on any atom is -0.449 e. The molecular formula is C42H43N13O7. The first-order chi connectivity index (χ1) is 30.1. The Morgan fingerprint density at radius 1 is 0.613 bits per heavy atom. The highest BCUT2D eigenvalue weighted by Gasteiger charge is 2.20. The van der Waals surface area contributed by atoms with Gasteiger partial charge < -0.3 is 41.7 Å². The van der Waals surface area contributed by atoms with Gasteiger partial charge in [0.15, 0.2) is 0 Å². The van der Waals surface area contributed by atoms with Crippen molar-refractivity contribution in [3.05, 3.63) is 119 Å². The van der Waals surface area contributed by atoms with Crippen LogP contribution in [0.1, 0.15) is 40.7 Å². The predicted molar refractivity (Wildman–Crippen MR) is 229 cm³/mol. The normalized spacial score (nSPS) is 10.8.